The number of hydrogen-bond acceptors (Lipinski definition) is 5. The van der Waals surface area contributed by atoms with Crippen molar-refractivity contribution in [3.8, 4) is 0 Å². The summed E-state index contributed by atoms with van der Waals surface area (Å²) in [5.41, 5.74) is -2.04. The van der Waals surface area contributed by atoms with Crippen molar-refractivity contribution < 1.29 is 27.9 Å². The predicted octanol–water partition coefficient (Wildman–Crippen LogP) is 5.44. The van der Waals surface area contributed by atoms with Gasteiger partial charge in [0.25, 0.3) is 18.2 Å². The summed E-state index contributed by atoms with van der Waals surface area (Å²) >= 11 is 6.86. The highest BCUT2D eigenvalue weighted by atomic mass is 35.5. The summed E-state index contributed by atoms with van der Waals surface area (Å²) in [6.45, 7) is 0.333. The van der Waals surface area contributed by atoms with Crippen LogP contribution in [0.2, 0.25) is 5.02 Å². The molecule has 1 aliphatic carbocycles. The van der Waals surface area contributed by atoms with E-state index in [0.717, 1.165) is 17.5 Å². The van der Waals surface area contributed by atoms with Crippen molar-refractivity contribution >= 4 is 40.4 Å². The smallest absolute Gasteiger partial charge is 0.281 e. The Morgan fingerprint density at radius 3 is 2.65 bits per heavy atom. The number of carbonyl (C=O) groups is 2. The molecule has 0 radical (unpaired) electrons. The van der Waals surface area contributed by atoms with E-state index in [4.69, 9.17) is 11.6 Å². The minimum Gasteiger partial charge on any atom is -0.371 e. The number of amides is 2. The minimum atomic E-state index is -2.91. The molecule has 2 aromatic heterocycles. The van der Waals surface area contributed by atoms with Crippen molar-refractivity contribution in [3.05, 3.63) is 80.5 Å². The van der Waals surface area contributed by atoms with Crippen LogP contribution in [0.5, 0.6) is 0 Å². The Balaban J connectivity index is 1.26. The molecule has 11 heteroatoms. The lowest BCUT2D eigenvalue weighted by Crippen LogP contribution is -2.44. The van der Waals surface area contributed by atoms with Crippen molar-refractivity contribution in [1.82, 2.24) is 10.3 Å². The fourth-order valence-corrected chi connectivity index (χ4v) is 6.23. The Hall–Kier alpha value is -2.95. The van der Waals surface area contributed by atoms with Gasteiger partial charge in [-0.2, -0.15) is 0 Å². The van der Waals surface area contributed by atoms with Crippen LogP contribution in [-0.4, -0.2) is 34.5 Å². The van der Waals surface area contributed by atoms with E-state index in [2.05, 4.69) is 10.3 Å². The second-order valence-electron chi connectivity index (χ2n) is 9.32. The van der Waals surface area contributed by atoms with Gasteiger partial charge in [0.15, 0.2) is 0 Å². The number of pyridine rings is 1. The Bertz CT molecular complexity index is 1350. The number of hydrogen-bond donors (Lipinski definition) is 2. The van der Waals surface area contributed by atoms with Gasteiger partial charge in [0.1, 0.15) is 11.5 Å². The van der Waals surface area contributed by atoms with E-state index >= 15 is 0 Å². The zero-order chi connectivity index (χ0) is 26.3. The third kappa shape index (κ3) is 4.62. The first-order valence-electron chi connectivity index (χ1n) is 11.8. The lowest BCUT2D eigenvalue weighted by molar-refractivity contribution is -0.132. The molecule has 1 atom stereocenters. The number of carbonyl (C=O) groups excluding carboxylic acids is 2. The van der Waals surface area contributed by atoms with Crippen LogP contribution in [0.15, 0.2) is 48.0 Å². The number of alkyl halides is 2. The molecule has 5 rings (SSSR count). The highest BCUT2D eigenvalue weighted by molar-refractivity contribution is 7.10. The van der Waals surface area contributed by atoms with Gasteiger partial charge in [0.2, 0.25) is 5.60 Å². The fourth-order valence-electron chi connectivity index (χ4n) is 5.20. The minimum absolute atomic E-state index is 0.0301. The first-order chi connectivity index (χ1) is 17.7. The number of nitrogens with one attached hydrogen (secondary N) is 1. The lowest BCUT2D eigenvalue weighted by atomic mass is 9.85. The van der Waals surface area contributed by atoms with Crippen LogP contribution < -0.4 is 10.2 Å². The largest absolute Gasteiger partial charge is 0.371 e. The maximum Gasteiger partial charge on any atom is 0.281 e. The standard InChI is InChI=1S/C26H23ClF3N3O3S/c27-15-11-17(21(23(29)30)31-12-15)24(34)32-16-7-5-14(6-8-16)13-33-20-4-2-1-3-18(20)26(36,25(33)35)22-19(28)9-10-37-22/h1-4,9-12,14,16,23,36H,5-8,13H2,(H,32,34). The molecule has 194 valence electrons. The van der Waals surface area contributed by atoms with E-state index in [1.807, 2.05) is 0 Å². The number of thiophene rings is 1. The monoisotopic (exact) mass is 549 g/mol. The molecule has 37 heavy (non-hydrogen) atoms. The maximum atomic E-state index is 14.5. The predicted molar refractivity (Wildman–Crippen MR) is 133 cm³/mol. The molecule has 0 bridgehead atoms. The van der Waals surface area contributed by atoms with E-state index in [1.54, 1.807) is 24.3 Å². The average molecular weight is 550 g/mol. The Labute approximate surface area is 220 Å². The van der Waals surface area contributed by atoms with Gasteiger partial charge in [0, 0.05) is 24.3 Å². The molecule has 1 unspecified atom stereocenters. The zero-order valence-corrected chi connectivity index (χ0v) is 21.0. The van der Waals surface area contributed by atoms with E-state index in [9.17, 15) is 27.9 Å². The van der Waals surface area contributed by atoms with Gasteiger partial charge in [-0.1, -0.05) is 29.8 Å². The molecule has 1 aliphatic heterocycles. The first-order valence-corrected chi connectivity index (χ1v) is 13.1. The molecule has 2 amide bonds. The zero-order valence-electron chi connectivity index (χ0n) is 19.5. The molecule has 3 heterocycles. The molecular formula is C26H23ClF3N3O3S. The summed E-state index contributed by atoms with van der Waals surface area (Å²) in [5.74, 6) is -1.79. The van der Waals surface area contributed by atoms with Crippen LogP contribution in [0.1, 0.15) is 58.6 Å². The Morgan fingerprint density at radius 2 is 1.97 bits per heavy atom. The molecule has 2 N–H and O–H groups in total. The number of aliphatic hydroxyl groups is 1. The lowest BCUT2D eigenvalue weighted by Gasteiger charge is -2.32. The molecule has 0 spiro atoms. The summed E-state index contributed by atoms with van der Waals surface area (Å²) in [4.78, 5) is 31.2. The quantitative estimate of drug-likeness (QED) is 0.429. The third-order valence-electron chi connectivity index (χ3n) is 7.04. The topological polar surface area (TPSA) is 82.5 Å². The van der Waals surface area contributed by atoms with E-state index in [0.29, 0.717) is 43.5 Å². The van der Waals surface area contributed by atoms with Crippen molar-refractivity contribution in [2.24, 2.45) is 5.92 Å². The molecule has 6 nitrogen and oxygen atoms in total. The SMILES string of the molecule is O=C(NC1CCC(CN2C(=O)C(O)(c3sccc3F)c3ccccc32)CC1)c1cc(Cl)cnc1C(F)F. The second-order valence-corrected chi connectivity index (χ2v) is 10.7. The van der Waals surface area contributed by atoms with Crippen LogP contribution in [0.4, 0.5) is 18.9 Å². The van der Waals surface area contributed by atoms with E-state index < -0.39 is 35.4 Å². The van der Waals surface area contributed by atoms with Crippen LogP contribution in [0.3, 0.4) is 0 Å². The number of rotatable bonds is 6. The van der Waals surface area contributed by atoms with Gasteiger partial charge in [-0.05, 0) is 55.2 Å². The van der Waals surface area contributed by atoms with Crippen LogP contribution in [-0.2, 0) is 10.4 Å². The number of para-hydroxylation sites is 1. The second kappa shape index (κ2) is 10.1. The van der Waals surface area contributed by atoms with E-state index in [-0.39, 0.29) is 27.4 Å². The van der Waals surface area contributed by atoms with E-state index in [1.165, 1.54) is 22.4 Å². The summed E-state index contributed by atoms with van der Waals surface area (Å²) in [5, 5.41) is 15.8. The number of anilines is 1. The Kier molecular flexibility index (Phi) is 6.99. The normalized spacial score (nSPS) is 23.4. The van der Waals surface area contributed by atoms with Gasteiger partial charge >= 0.3 is 0 Å². The molecule has 1 saturated carbocycles. The molecule has 3 aromatic rings. The molecular weight excluding hydrogens is 527 g/mol. The number of fused-ring (bicyclic) bond motifs is 1. The summed E-state index contributed by atoms with van der Waals surface area (Å²) < 4.78 is 41.0. The molecule has 2 aliphatic rings. The fraction of sp³-hybridized carbons (Fsp3) is 0.346. The summed E-state index contributed by atoms with van der Waals surface area (Å²) in [7, 11) is 0. The van der Waals surface area contributed by atoms with Crippen LogP contribution >= 0.6 is 22.9 Å². The van der Waals surface area contributed by atoms with Gasteiger partial charge in [-0.25, -0.2) is 13.2 Å². The van der Waals surface area contributed by atoms with Crippen LogP contribution in [0, 0.1) is 11.7 Å². The highest BCUT2D eigenvalue weighted by Gasteiger charge is 2.53. The highest BCUT2D eigenvalue weighted by Crippen LogP contribution is 2.47. The molecule has 0 saturated heterocycles. The van der Waals surface area contributed by atoms with Gasteiger partial charge in [-0.3, -0.25) is 14.6 Å². The Morgan fingerprint density at radius 1 is 1.24 bits per heavy atom. The van der Waals surface area contributed by atoms with Gasteiger partial charge in [-0.15, -0.1) is 11.3 Å². The van der Waals surface area contributed by atoms with Gasteiger partial charge < -0.3 is 15.3 Å². The molecule has 1 fully saturated rings. The number of nitrogens with zero attached hydrogens (tertiary/aromatic N) is 2. The number of aromatic nitrogens is 1. The van der Waals surface area contributed by atoms with Crippen LogP contribution in [0.25, 0.3) is 0 Å². The van der Waals surface area contributed by atoms with Crippen molar-refractivity contribution in [3.63, 3.8) is 0 Å². The maximum absolute atomic E-state index is 14.5. The summed E-state index contributed by atoms with van der Waals surface area (Å²) in [6.07, 6.45) is 0.674. The summed E-state index contributed by atoms with van der Waals surface area (Å²) in [6, 6.07) is 9.03. The average Bonchev–Trinajstić information content (AvgIpc) is 3.41. The van der Waals surface area contributed by atoms with Crippen molar-refractivity contribution in [2.45, 2.75) is 43.8 Å². The molecule has 1 aromatic carbocycles. The van der Waals surface area contributed by atoms with Crippen molar-refractivity contribution in [1.29, 1.82) is 0 Å². The first kappa shape index (κ1) is 25.7. The third-order valence-corrected chi connectivity index (χ3v) is 8.25. The van der Waals surface area contributed by atoms with Gasteiger partial charge in [0.05, 0.1) is 21.2 Å². The number of benzene rings is 1. The number of halogens is 4. The van der Waals surface area contributed by atoms with Crippen molar-refractivity contribution in [2.75, 3.05) is 11.4 Å².